The molecule has 2 aliphatic carbocycles. The maximum Gasteiger partial charge on any atom is 0.145 e. The van der Waals surface area contributed by atoms with E-state index in [1.165, 1.54) is 43.3 Å². The Morgan fingerprint density at radius 2 is 2.19 bits per heavy atom. The normalized spacial score (nSPS) is 23.1. The quantitative estimate of drug-likeness (QED) is 0.510. The average Bonchev–Trinajstić information content (AvgIpc) is 2.23. The van der Waals surface area contributed by atoms with E-state index in [0.717, 1.165) is 31.1 Å². The molecule has 0 aromatic rings. The van der Waals surface area contributed by atoms with Crippen molar-refractivity contribution in [3.05, 3.63) is 23.3 Å². The van der Waals surface area contributed by atoms with Gasteiger partial charge >= 0.3 is 0 Å². The van der Waals surface area contributed by atoms with E-state index in [-0.39, 0.29) is 0 Å². The van der Waals surface area contributed by atoms with Gasteiger partial charge in [0, 0.05) is 0 Å². The van der Waals surface area contributed by atoms with Crippen LogP contribution in [0, 0.1) is 5.41 Å². The second kappa shape index (κ2) is 4.57. The molecule has 2 rings (SSSR count). The zero-order valence-electron chi connectivity index (χ0n) is 10.3. The van der Waals surface area contributed by atoms with Crippen LogP contribution in [0.4, 0.5) is 0 Å². The zero-order chi connectivity index (χ0) is 11.6. The molecule has 1 heteroatoms. The van der Waals surface area contributed by atoms with Crippen molar-refractivity contribution in [1.29, 1.82) is 0 Å². The second-order valence-electron chi connectivity index (χ2n) is 5.73. The lowest BCUT2D eigenvalue weighted by molar-refractivity contribution is -0.105. The Labute approximate surface area is 98.6 Å². The van der Waals surface area contributed by atoms with Crippen LogP contribution in [0.5, 0.6) is 0 Å². The lowest BCUT2D eigenvalue weighted by Gasteiger charge is -2.46. The minimum absolute atomic E-state index is 0.594. The van der Waals surface area contributed by atoms with Gasteiger partial charge in [-0.3, -0.25) is 4.79 Å². The first-order valence-electron chi connectivity index (χ1n) is 6.46. The van der Waals surface area contributed by atoms with Crippen molar-refractivity contribution in [3.8, 4) is 0 Å². The number of allylic oxidation sites excluding steroid dienone is 3. The van der Waals surface area contributed by atoms with Crippen LogP contribution in [0.15, 0.2) is 23.3 Å². The van der Waals surface area contributed by atoms with Crippen molar-refractivity contribution < 1.29 is 4.79 Å². The number of aldehydes is 1. The molecule has 2 aliphatic rings. The molecule has 0 aliphatic heterocycles. The van der Waals surface area contributed by atoms with Crippen molar-refractivity contribution in [2.24, 2.45) is 5.41 Å². The van der Waals surface area contributed by atoms with Gasteiger partial charge < -0.3 is 0 Å². The van der Waals surface area contributed by atoms with Crippen LogP contribution in [0.2, 0.25) is 0 Å². The Morgan fingerprint density at radius 3 is 2.69 bits per heavy atom. The number of hydrogen-bond acceptors (Lipinski definition) is 1. The van der Waals surface area contributed by atoms with Crippen LogP contribution in [-0.2, 0) is 4.79 Å². The first-order chi connectivity index (χ1) is 7.65. The molecule has 0 heterocycles. The molecule has 1 fully saturated rings. The van der Waals surface area contributed by atoms with Crippen LogP contribution in [0.1, 0.15) is 58.3 Å². The van der Waals surface area contributed by atoms with Gasteiger partial charge in [-0.2, -0.15) is 0 Å². The Hall–Kier alpha value is -0.850. The lowest BCUT2D eigenvalue weighted by Crippen LogP contribution is -2.32. The van der Waals surface area contributed by atoms with Gasteiger partial charge in [0.15, 0.2) is 0 Å². The maximum absolute atomic E-state index is 11.1. The minimum atomic E-state index is 0.594. The number of hydrogen-bond donors (Lipinski definition) is 0. The molecule has 0 atom stereocenters. The Balaban J connectivity index is 2.06. The third-order valence-electron chi connectivity index (χ3n) is 4.38. The van der Waals surface area contributed by atoms with Crippen molar-refractivity contribution in [2.75, 3.05) is 0 Å². The molecule has 1 nitrogen and oxygen atoms in total. The molecule has 1 spiro atoms. The van der Waals surface area contributed by atoms with Gasteiger partial charge in [0.25, 0.3) is 0 Å². The van der Waals surface area contributed by atoms with Crippen LogP contribution in [-0.4, -0.2) is 6.29 Å². The Kier molecular flexibility index (Phi) is 3.32. The molecule has 0 bridgehead atoms. The highest BCUT2D eigenvalue weighted by Gasteiger charge is 2.39. The van der Waals surface area contributed by atoms with Gasteiger partial charge in [0.05, 0.1) is 0 Å². The smallest absolute Gasteiger partial charge is 0.145 e. The summed E-state index contributed by atoms with van der Waals surface area (Å²) in [5, 5.41) is 0. The zero-order valence-corrected chi connectivity index (χ0v) is 10.3. The third-order valence-corrected chi connectivity index (χ3v) is 4.38. The molecule has 16 heavy (non-hydrogen) atoms. The maximum atomic E-state index is 11.1. The fraction of sp³-hybridized carbons (Fsp3) is 0.667. The Bertz CT molecular complexity index is 331. The Morgan fingerprint density at radius 1 is 1.44 bits per heavy atom. The predicted octanol–water partition coefficient (Wildman–Crippen LogP) is 4.19. The molecular formula is C15H22O. The summed E-state index contributed by atoms with van der Waals surface area (Å²) in [5.74, 6) is 0. The number of carbonyl (C=O) groups is 1. The summed E-state index contributed by atoms with van der Waals surface area (Å²) < 4.78 is 0. The van der Waals surface area contributed by atoms with E-state index >= 15 is 0 Å². The summed E-state index contributed by atoms with van der Waals surface area (Å²) >= 11 is 0. The summed E-state index contributed by atoms with van der Waals surface area (Å²) in [7, 11) is 0. The van der Waals surface area contributed by atoms with E-state index in [1.807, 2.05) is 0 Å². The fourth-order valence-electron chi connectivity index (χ4n) is 3.09. The van der Waals surface area contributed by atoms with Gasteiger partial charge in [-0.25, -0.2) is 0 Å². The standard InChI is InChI=1S/C15H22O/c1-12(2)4-5-13-10-15(7-3-8-15)9-6-14(13)11-16/h11H,1,3-10H2,2H3. The van der Waals surface area contributed by atoms with Gasteiger partial charge in [0.1, 0.15) is 6.29 Å². The van der Waals surface area contributed by atoms with Crippen LogP contribution in [0.3, 0.4) is 0 Å². The summed E-state index contributed by atoms with van der Waals surface area (Å²) in [6.07, 6.45) is 10.8. The van der Waals surface area contributed by atoms with Crippen molar-refractivity contribution in [3.63, 3.8) is 0 Å². The van der Waals surface area contributed by atoms with Crippen molar-refractivity contribution >= 4 is 6.29 Å². The topological polar surface area (TPSA) is 17.1 Å². The van der Waals surface area contributed by atoms with Crippen molar-refractivity contribution in [2.45, 2.75) is 58.3 Å². The van der Waals surface area contributed by atoms with Gasteiger partial charge in [0.2, 0.25) is 0 Å². The lowest BCUT2D eigenvalue weighted by atomic mass is 9.59. The van der Waals surface area contributed by atoms with E-state index in [0.29, 0.717) is 5.41 Å². The molecule has 0 radical (unpaired) electrons. The summed E-state index contributed by atoms with van der Waals surface area (Å²) in [4.78, 5) is 11.1. The van der Waals surface area contributed by atoms with E-state index in [2.05, 4.69) is 13.5 Å². The largest absolute Gasteiger partial charge is 0.298 e. The second-order valence-corrected chi connectivity index (χ2v) is 5.73. The number of rotatable bonds is 4. The highest BCUT2D eigenvalue weighted by Crippen LogP contribution is 2.53. The van der Waals surface area contributed by atoms with Crippen molar-refractivity contribution in [1.82, 2.24) is 0 Å². The summed E-state index contributed by atoms with van der Waals surface area (Å²) in [6.45, 7) is 6.02. The molecule has 0 saturated heterocycles. The highest BCUT2D eigenvalue weighted by atomic mass is 16.1. The van der Waals surface area contributed by atoms with Gasteiger partial charge in [-0.1, -0.05) is 17.6 Å². The van der Waals surface area contributed by atoms with Gasteiger partial charge in [-0.05, 0) is 62.9 Å². The molecule has 0 aromatic heterocycles. The highest BCUT2D eigenvalue weighted by molar-refractivity contribution is 5.75. The molecule has 88 valence electrons. The molecule has 0 aromatic carbocycles. The minimum Gasteiger partial charge on any atom is -0.298 e. The predicted molar refractivity (Wildman–Crippen MR) is 67.3 cm³/mol. The average molecular weight is 218 g/mol. The molecule has 1 saturated carbocycles. The van der Waals surface area contributed by atoms with E-state index < -0.39 is 0 Å². The fourth-order valence-corrected chi connectivity index (χ4v) is 3.09. The van der Waals surface area contributed by atoms with Gasteiger partial charge in [-0.15, -0.1) is 6.58 Å². The molecule has 0 unspecified atom stereocenters. The SMILES string of the molecule is C=C(C)CCC1=C(C=O)CCC2(CCC2)C1. The molecular weight excluding hydrogens is 196 g/mol. The third kappa shape index (κ3) is 2.28. The van der Waals surface area contributed by atoms with Crippen LogP contribution < -0.4 is 0 Å². The molecule has 0 N–H and O–H groups in total. The summed E-state index contributed by atoms with van der Waals surface area (Å²) in [6, 6.07) is 0. The summed E-state index contributed by atoms with van der Waals surface area (Å²) in [5.41, 5.74) is 4.35. The van der Waals surface area contributed by atoms with E-state index in [4.69, 9.17) is 0 Å². The number of carbonyl (C=O) groups excluding carboxylic acids is 1. The van der Waals surface area contributed by atoms with Crippen LogP contribution >= 0.6 is 0 Å². The first-order valence-corrected chi connectivity index (χ1v) is 6.46. The van der Waals surface area contributed by atoms with Crippen LogP contribution in [0.25, 0.3) is 0 Å². The monoisotopic (exact) mass is 218 g/mol. The van der Waals surface area contributed by atoms with E-state index in [1.54, 1.807) is 0 Å². The molecule has 0 amide bonds. The van der Waals surface area contributed by atoms with E-state index in [9.17, 15) is 4.79 Å². The first kappa shape index (κ1) is 11.6.